The molecule has 0 unspecified atom stereocenters. The zero-order valence-corrected chi connectivity index (χ0v) is 19.6. The molecule has 0 bridgehead atoms. The van der Waals surface area contributed by atoms with Gasteiger partial charge < -0.3 is 14.2 Å². The number of aliphatic imine (C=N–C) groups is 1. The molecule has 1 heterocycles. The van der Waals surface area contributed by atoms with Gasteiger partial charge in [0.05, 0.1) is 11.1 Å². The van der Waals surface area contributed by atoms with Crippen LogP contribution < -0.4 is 9.47 Å². The van der Waals surface area contributed by atoms with Gasteiger partial charge in [0, 0.05) is 16.5 Å². The van der Waals surface area contributed by atoms with E-state index in [9.17, 15) is 9.59 Å². The summed E-state index contributed by atoms with van der Waals surface area (Å²) >= 11 is 6.82. The van der Waals surface area contributed by atoms with E-state index in [-0.39, 0.29) is 17.6 Å². The van der Waals surface area contributed by atoms with Crippen molar-refractivity contribution in [2.75, 3.05) is 6.61 Å². The predicted octanol–water partition coefficient (Wildman–Crippen LogP) is 5.66. The highest BCUT2D eigenvalue weighted by Crippen LogP contribution is 2.38. The molecule has 0 fully saturated rings. The highest BCUT2D eigenvalue weighted by Gasteiger charge is 2.25. The number of cyclic esters (lactones) is 1. The molecule has 0 saturated heterocycles. The first-order chi connectivity index (χ1) is 14.4. The van der Waals surface area contributed by atoms with Crippen LogP contribution in [0.15, 0.2) is 56.0 Å². The van der Waals surface area contributed by atoms with E-state index in [0.29, 0.717) is 46.5 Å². The van der Waals surface area contributed by atoms with Gasteiger partial charge in [-0.25, -0.2) is 9.79 Å². The largest absolute Gasteiger partial charge is 0.490 e. The molecule has 6 nitrogen and oxygen atoms in total. The molecular formula is C22H19Br2NO5. The number of benzene rings is 2. The van der Waals surface area contributed by atoms with Gasteiger partial charge in [0.15, 0.2) is 17.2 Å². The molecule has 0 radical (unpaired) electrons. The lowest BCUT2D eigenvalue weighted by atomic mass is 10.1. The molecule has 156 valence electrons. The number of nitrogens with zero attached hydrogens (tertiary/aromatic N) is 1. The monoisotopic (exact) mass is 535 g/mol. The van der Waals surface area contributed by atoms with Crippen LogP contribution in [0.25, 0.3) is 6.08 Å². The molecule has 0 saturated carbocycles. The maximum absolute atomic E-state index is 12.3. The van der Waals surface area contributed by atoms with Crippen molar-refractivity contribution in [3.05, 3.63) is 62.2 Å². The average molecular weight is 537 g/mol. The number of hydrogen-bond donors (Lipinski definition) is 0. The quantitative estimate of drug-likeness (QED) is 0.259. The van der Waals surface area contributed by atoms with Crippen molar-refractivity contribution in [1.29, 1.82) is 0 Å². The topological polar surface area (TPSA) is 74.2 Å². The van der Waals surface area contributed by atoms with Crippen molar-refractivity contribution >= 4 is 55.8 Å². The predicted molar refractivity (Wildman–Crippen MR) is 121 cm³/mol. The second kappa shape index (κ2) is 10.0. The van der Waals surface area contributed by atoms with Gasteiger partial charge in [-0.2, -0.15) is 0 Å². The van der Waals surface area contributed by atoms with Gasteiger partial charge >= 0.3 is 11.9 Å². The molecule has 0 atom stereocenters. The summed E-state index contributed by atoms with van der Waals surface area (Å²) in [5.41, 5.74) is 1.50. The zero-order chi connectivity index (χ0) is 21.7. The van der Waals surface area contributed by atoms with Crippen molar-refractivity contribution < 1.29 is 23.8 Å². The van der Waals surface area contributed by atoms with E-state index in [1.54, 1.807) is 18.2 Å². The van der Waals surface area contributed by atoms with E-state index >= 15 is 0 Å². The van der Waals surface area contributed by atoms with Crippen molar-refractivity contribution in [3.8, 4) is 11.5 Å². The molecule has 0 aromatic heterocycles. The van der Waals surface area contributed by atoms with Crippen molar-refractivity contribution in [1.82, 2.24) is 0 Å². The van der Waals surface area contributed by atoms with Crippen LogP contribution in [-0.2, 0) is 14.3 Å². The van der Waals surface area contributed by atoms with Gasteiger partial charge in [0.25, 0.3) is 0 Å². The van der Waals surface area contributed by atoms with Crippen LogP contribution in [0, 0.1) is 0 Å². The number of ether oxygens (including phenoxy) is 3. The molecule has 2 aromatic carbocycles. The van der Waals surface area contributed by atoms with Gasteiger partial charge in [-0.3, -0.25) is 4.79 Å². The summed E-state index contributed by atoms with van der Waals surface area (Å²) in [5, 5.41) is 0. The minimum absolute atomic E-state index is 0.162. The minimum Gasteiger partial charge on any atom is -0.490 e. The number of halogens is 2. The summed E-state index contributed by atoms with van der Waals surface area (Å²) in [5.74, 6) is 0.0580. The SMILES string of the molecule is CCCC(=O)Oc1c(Br)cc(/C=C2\N=C(c3cccc(Br)c3)OC2=O)cc1OCC. The molecule has 1 aliphatic heterocycles. The summed E-state index contributed by atoms with van der Waals surface area (Å²) < 4.78 is 17.8. The average Bonchev–Trinajstić information content (AvgIpc) is 3.05. The van der Waals surface area contributed by atoms with Crippen LogP contribution in [0.2, 0.25) is 0 Å². The lowest BCUT2D eigenvalue weighted by Gasteiger charge is -2.13. The Bertz CT molecular complexity index is 1050. The second-order valence-corrected chi connectivity index (χ2v) is 8.10. The number of carbonyl (C=O) groups is 2. The van der Waals surface area contributed by atoms with Gasteiger partial charge in [-0.1, -0.05) is 28.9 Å². The summed E-state index contributed by atoms with van der Waals surface area (Å²) in [6.07, 6.45) is 2.59. The molecule has 8 heteroatoms. The van der Waals surface area contributed by atoms with E-state index in [1.165, 1.54) is 0 Å². The molecule has 2 aromatic rings. The third-order valence-electron chi connectivity index (χ3n) is 4.00. The Labute approximate surface area is 191 Å². The van der Waals surface area contributed by atoms with Crippen LogP contribution in [0.4, 0.5) is 0 Å². The lowest BCUT2D eigenvalue weighted by Crippen LogP contribution is -2.09. The summed E-state index contributed by atoms with van der Waals surface area (Å²) in [4.78, 5) is 28.5. The van der Waals surface area contributed by atoms with Gasteiger partial charge in [-0.05, 0) is 71.2 Å². The number of carbonyl (C=O) groups excluding carboxylic acids is 2. The Morgan fingerprint density at radius 1 is 1.20 bits per heavy atom. The number of esters is 2. The Balaban J connectivity index is 1.94. The van der Waals surface area contributed by atoms with E-state index in [1.807, 2.05) is 38.1 Å². The fraction of sp³-hybridized carbons (Fsp3) is 0.227. The first-order valence-corrected chi connectivity index (χ1v) is 10.9. The summed E-state index contributed by atoms with van der Waals surface area (Å²) in [6.45, 7) is 4.12. The highest BCUT2D eigenvalue weighted by atomic mass is 79.9. The molecule has 0 N–H and O–H groups in total. The Hall–Kier alpha value is -2.45. The standard InChI is InChI=1S/C22H19Br2NO5/c1-3-6-19(26)29-20-16(24)9-13(11-18(20)28-4-2)10-17-22(27)30-21(25-17)14-7-5-8-15(23)12-14/h5,7-12H,3-4,6H2,1-2H3/b17-10-. The second-order valence-electron chi connectivity index (χ2n) is 6.33. The van der Waals surface area contributed by atoms with Crippen LogP contribution in [0.3, 0.4) is 0 Å². The first kappa shape index (κ1) is 22.2. The molecule has 0 spiro atoms. The zero-order valence-electron chi connectivity index (χ0n) is 16.4. The Morgan fingerprint density at radius 3 is 2.70 bits per heavy atom. The highest BCUT2D eigenvalue weighted by molar-refractivity contribution is 9.10. The number of hydrogen-bond acceptors (Lipinski definition) is 6. The van der Waals surface area contributed by atoms with Gasteiger partial charge in [0.2, 0.25) is 5.90 Å². The van der Waals surface area contributed by atoms with Crippen LogP contribution >= 0.6 is 31.9 Å². The maximum Gasteiger partial charge on any atom is 0.363 e. The van der Waals surface area contributed by atoms with Gasteiger partial charge in [0.1, 0.15) is 0 Å². The van der Waals surface area contributed by atoms with E-state index in [4.69, 9.17) is 14.2 Å². The minimum atomic E-state index is -0.544. The third kappa shape index (κ3) is 5.37. The Kier molecular flexibility index (Phi) is 7.44. The third-order valence-corrected chi connectivity index (χ3v) is 5.08. The molecule has 1 aliphatic rings. The fourth-order valence-electron chi connectivity index (χ4n) is 2.71. The van der Waals surface area contributed by atoms with E-state index < -0.39 is 5.97 Å². The molecule has 0 aliphatic carbocycles. The lowest BCUT2D eigenvalue weighted by molar-refractivity contribution is -0.134. The first-order valence-electron chi connectivity index (χ1n) is 9.36. The van der Waals surface area contributed by atoms with Crippen molar-refractivity contribution in [2.45, 2.75) is 26.7 Å². The van der Waals surface area contributed by atoms with Gasteiger partial charge in [-0.15, -0.1) is 0 Å². The van der Waals surface area contributed by atoms with Crippen LogP contribution in [0.5, 0.6) is 11.5 Å². The smallest absolute Gasteiger partial charge is 0.363 e. The summed E-state index contributed by atoms with van der Waals surface area (Å²) in [6, 6.07) is 10.8. The fourth-order valence-corrected chi connectivity index (χ4v) is 3.65. The molecule has 30 heavy (non-hydrogen) atoms. The van der Waals surface area contributed by atoms with Crippen LogP contribution in [0.1, 0.15) is 37.8 Å². The molecule has 3 rings (SSSR count). The van der Waals surface area contributed by atoms with E-state index in [0.717, 1.165) is 4.47 Å². The Morgan fingerprint density at radius 2 is 2.00 bits per heavy atom. The summed E-state index contributed by atoms with van der Waals surface area (Å²) in [7, 11) is 0. The van der Waals surface area contributed by atoms with Crippen molar-refractivity contribution in [3.63, 3.8) is 0 Å². The number of rotatable bonds is 7. The van der Waals surface area contributed by atoms with Crippen LogP contribution in [-0.4, -0.2) is 24.4 Å². The molecule has 0 amide bonds. The van der Waals surface area contributed by atoms with E-state index in [2.05, 4.69) is 36.9 Å². The normalized spacial score (nSPS) is 14.5. The van der Waals surface area contributed by atoms with Crippen molar-refractivity contribution in [2.24, 2.45) is 4.99 Å². The maximum atomic E-state index is 12.3. The molecular weight excluding hydrogens is 518 g/mol.